The number of nitrogens with zero attached hydrogens (tertiary/aromatic N) is 2. The van der Waals surface area contributed by atoms with Crippen molar-refractivity contribution in [2.45, 2.75) is 75.0 Å². The molecule has 6 N–H and O–H groups in total. The maximum Gasteiger partial charge on any atom is 0.325 e. The molecule has 0 saturated carbocycles. The fourth-order valence-corrected chi connectivity index (χ4v) is 4.82. The van der Waals surface area contributed by atoms with Crippen molar-refractivity contribution in [2.24, 2.45) is 11.1 Å². The number of amides is 3. The maximum absolute atomic E-state index is 13.3. The molecule has 1 aromatic heterocycles. The number of nitrogens with one attached hydrogen (secondary N) is 3. The Morgan fingerprint density at radius 1 is 1.17 bits per heavy atom. The Morgan fingerprint density at radius 3 is 2.54 bits per heavy atom. The molecule has 3 amide bonds. The van der Waals surface area contributed by atoms with Gasteiger partial charge in [0.2, 0.25) is 15.6 Å². The Bertz CT molecular complexity index is 1450. The monoisotopic (exact) mass is 698 g/mol. The number of nitrogens with two attached hydrogens (primary N) is 1. The lowest BCUT2D eigenvalue weighted by molar-refractivity contribution is -0.152. The number of hydrogen-bond acceptors (Lipinski definition) is 9. The van der Waals surface area contributed by atoms with Crippen molar-refractivity contribution in [3.8, 4) is 0 Å². The number of ether oxygens (including phenoxy) is 1. The summed E-state index contributed by atoms with van der Waals surface area (Å²) >= 11 is 16.9. The van der Waals surface area contributed by atoms with Crippen LogP contribution >= 0.6 is 34.8 Å². The highest BCUT2D eigenvalue weighted by Crippen LogP contribution is 2.26. The first kappa shape index (κ1) is 37.5. The van der Waals surface area contributed by atoms with Crippen LogP contribution in [0.5, 0.6) is 0 Å². The molecule has 1 aliphatic rings. The number of hydrazine groups is 1. The normalized spacial score (nSPS) is 17.8. The largest absolute Gasteiger partial charge is 0.460 e. The summed E-state index contributed by atoms with van der Waals surface area (Å²) in [5, 5.41) is 18.4. The summed E-state index contributed by atoms with van der Waals surface area (Å²) in [5.41, 5.74) is 8.91. The number of aliphatic hydroxyl groups excluding tert-OH is 1. The van der Waals surface area contributed by atoms with Crippen molar-refractivity contribution < 1.29 is 29.0 Å². The zero-order chi connectivity index (χ0) is 34.2. The molecule has 15 heteroatoms. The number of benzene rings is 1. The summed E-state index contributed by atoms with van der Waals surface area (Å²) in [7, 11) is 0. The number of halogens is 3. The van der Waals surface area contributed by atoms with Gasteiger partial charge >= 0.3 is 5.97 Å². The highest BCUT2D eigenvalue weighted by Gasteiger charge is 2.34. The Kier molecular flexibility index (Phi) is 13.2. The van der Waals surface area contributed by atoms with Crippen LogP contribution in [0.1, 0.15) is 64.3 Å². The highest BCUT2D eigenvalue weighted by molar-refractivity contribution is 6.67. The second-order valence-corrected chi connectivity index (χ2v) is 14.3. The van der Waals surface area contributed by atoms with E-state index in [1.165, 1.54) is 11.9 Å². The van der Waals surface area contributed by atoms with Gasteiger partial charge in [0.25, 0.3) is 5.91 Å². The second-order valence-electron chi connectivity index (χ2n) is 11.8. The SMILES string of the molecule is CC(NC(=O)C(CCN)NC(=O)C(C)(C)/C=C/c1cc2cc(C(C)O)ccc2cn1)C(=O)N1CCCC(C(=O)OCC(Cl)(Cl)Cl)N1. The molecule has 1 aliphatic heterocycles. The van der Waals surface area contributed by atoms with Crippen molar-refractivity contribution in [1.82, 2.24) is 26.1 Å². The van der Waals surface area contributed by atoms with Gasteiger partial charge in [0.05, 0.1) is 17.2 Å². The van der Waals surface area contributed by atoms with Crippen LogP contribution in [-0.2, 0) is 23.9 Å². The zero-order valence-electron chi connectivity index (χ0n) is 26.2. The maximum atomic E-state index is 13.3. The van der Waals surface area contributed by atoms with E-state index in [2.05, 4.69) is 21.0 Å². The summed E-state index contributed by atoms with van der Waals surface area (Å²) in [4.78, 5) is 56.4. The third kappa shape index (κ3) is 10.8. The first-order valence-corrected chi connectivity index (χ1v) is 16.0. The van der Waals surface area contributed by atoms with Gasteiger partial charge in [-0.15, -0.1) is 0 Å². The molecule has 0 bridgehead atoms. The van der Waals surface area contributed by atoms with E-state index in [1.807, 2.05) is 24.3 Å². The van der Waals surface area contributed by atoms with Gasteiger partial charge in [0.15, 0.2) is 0 Å². The Morgan fingerprint density at radius 2 is 1.89 bits per heavy atom. The van der Waals surface area contributed by atoms with Crippen molar-refractivity contribution in [1.29, 1.82) is 0 Å². The van der Waals surface area contributed by atoms with E-state index in [0.29, 0.717) is 25.1 Å². The molecule has 1 fully saturated rings. The average Bonchev–Trinajstić information content (AvgIpc) is 3.01. The van der Waals surface area contributed by atoms with Gasteiger partial charge in [-0.25, -0.2) is 5.43 Å². The number of aliphatic hydroxyl groups is 1. The van der Waals surface area contributed by atoms with Crippen LogP contribution in [0.15, 0.2) is 36.5 Å². The summed E-state index contributed by atoms with van der Waals surface area (Å²) in [6, 6.07) is 4.66. The molecule has 12 nitrogen and oxygen atoms in total. The first-order valence-electron chi connectivity index (χ1n) is 14.9. The zero-order valence-corrected chi connectivity index (χ0v) is 28.5. The van der Waals surface area contributed by atoms with Gasteiger partial charge in [-0.1, -0.05) is 53.0 Å². The van der Waals surface area contributed by atoms with E-state index >= 15 is 0 Å². The molecule has 3 rings (SSSR count). The highest BCUT2D eigenvalue weighted by atomic mass is 35.6. The minimum atomic E-state index is -1.76. The number of esters is 1. The fraction of sp³-hybridized carbons (Fsp3) is 0.516. The predicted molar refractivity (Wildman–Crippen MR) is 178 cm³/mol. The number of carbonyl (C=O) groups excluding carboxylic acids is 4. The van der Waals surface area contributed by atoms with Gasteiger partial charge < -0.3 is 26.2 Å². The third-order valence-corrected chi connectivity index (χ3v) is 7.75. The molecule has 0 aliphatic carbocycles. The molecule has 2 heterocycles. The molecule has 4 unspecified atom stereocenters. The molecule has 1 saturated heterocycles. The lowest BCUT2D eigenvalue weighted by atomic mass is 9.90. The summed E-state index contributed by atoms with van der Waals surface area (Å²) in [5.74, 6) is -2.18. The smallest absolute Gasteiger partial charge is 0.325 e. The molecule has 1 aromatic carbocycles. The molecule has 46 heavy (non-hydrogen) atoms. The van der Waals surface area contributed by atoms with Gasteiger partial charge in [-0.3, -0.25) is 29.2 Å². The summed E-state index contributed by atoms with van der Waals surface area (Å²) in [6.45, 7) is 6.56. The van der Waals surface area contributed by atoms with Gasteiger partial charge in [0.1, 0.15) is 24.7 Å². The average molecular weight is 700 g/mol. The molecule has 2 aromatic rings. The van der Waals surface area contributed by atoms with Gasteiger partial charge in [-0.05, 0) is 82.7 Å². The Hall–Kier alpha value is -3.00. The van der Waals surface area contributed by atoms with Crippen LogP contribution in [-0.4, -0.2) is 80.4 Å². The van der Waals surface area contributed by atoms with Crippen LogP contribution < -0.4 is 21.8 Å². The van der Waals surface area contributed by atoms with Crippen molar-refractivity contribution in [3.63, 3.8) is 0 Å². The van der Waals surface area contributed by atoms with E-state index in [1.54, 1.807) is 39.1 Å². The quantitative estimate of drug-likeness (QED) is 0.165. The molecular formula is C31H41Cl3N6O6. The van der Waals surface area contributed by atoms with Crippen molar-refractivity contribution in [2.75, 3.05) is 19.7 Å². The van der Waals surface area contributed by atoms with E-state index < -0.39 is 63.7 Å². The van der Waals surface area contributed by atoms with Crippen LogP contribution in [0.2, 0.25) is 0 Å². The molecular weight excluding hydrogens is 659 g/mol. The third-order valence-electron chi connectivity index (χ3n) is 7.43. The molecule has 0 radical (unpaired) electrons. The first-order chi connectivity index (χ1) is 21.5. The lowest BCUT2D eigenvalue weighted by Gasteiger charge is -2.34. The minimum absolute atomic E-state index is 0.109. The van der Waals surface area contributed by atoms with Crippen LogP contribution in [0.25, 0.3) is 16.8 Å². The lowest BCUT2D eigenvalue weighted by Crippen LogP contribution is -2.61. The molecule has 4 atom stereocenters. The van der Waals surface area contributed by atoms with Crippen LogP contribution in [0, 0.1) is 5.41 Å². The summed E-state index contributed by atoms with van der Waals surface area (Å²) in [6.07, 6.45) is 5.56. The molecule has 0 spiro atoms. The van der Waals surface area contributed by atoms with E-state index in [9.17, 15) is 24.3 Å². The predicted octanol–water partition coefficient (Wildman–Crippen LogP) is 3.07. The number of aromatic nitrogens is 1. The van der Waals surface area contributed by atoms with Crippen LogP contribution in [0.3, 0.4) is 0 Å². The number of rotatable bonds is 12. The number of fused-ring (bicyclic) bond motifs is 1. The Balaban J connectivity index is 1.61. The number of pyridine rings is 1. The number of carbonyl (C=O) groups is 4. The van der Waals surface area contributed by atoms with E-state index in [0.717, 1.165) is 16.3 Å². The summed E-state index contributed by atoms with van der Waals surface area (Å²) < 4.78 is 3.25. The fourth-order valence-electron chi connectivity index (χ4n) is 4.65. The van der Waals surface area contributed by atoms with Gasteiger partial charge in [0, 0.05) is 18.1 Å². The van der Waals surface area contributed by atoms with Crippen molar-refractivity contribution in [3.05, 3.63) is 47.8 Å². The van der Waals surface area contributed by atoms with Gasteiger partial charge in [-0.2, -0.15) is 0 Å². The van der Waals surface area contributed by atoms with Crippen LogP contribution in [0.4, 0.5) is 0 Å². The topological polar surface area (TPSA) is 176 Å². The molecule has 252 valence electrons. The van der Waals surface area contributed by atoms with Crippen molar-refractivity contribution >= 4 is 75.3 Å². The van der Waals surface area contributed by atoms with E-state index in [-0.39, 0.29) is 13.0 Å². The minimum Gasteiger partial charge on any atom is -0.460 e. The second kappa shape index (κ2) is 16.2. The Labute approximate surface area is 283 Å². The van der Waals surface area contributed by atoms with E-state index in [4.69, 9.17) is 45.3 Å². The number of alkyl halides is 3. The number of hydrogen-bond donors (Lipinski definition) is 5. The standard InChI is InChI=1S/C31H41Cl3N6O6/c1-18(27(43)40-13-5-6-25(39-40)28(44)46-17-31(32,33)34)37-26(42)24(10-12-35)38-29(45)30(3,4)11-9-23-15-22-14-20(19(2)41)7-8-21(22)16-36-23/h7-9,11,14-16,18-19,24-25,39,41H,5-6,10,12-13,17,35H2,1-4H3,(H,37,42)(H,38,45)/b11-9+.